The van der Waals surface area contributed by atoms with Crippen molar-refractivity contribution in [1.82, 2.24) is 9.78 Å². The summed E-state index contributed by atoms with van der Waals surface area (Å²) in [6.07, 6.45) is 0. The van der Waals surface area contributed by atoms with Gasteiger partial charge in [-0.15, -0.1) is 0 Å². The Kier molecular flexibility index (Phi) is 3.01. The first-order chi connectivity index (χ1) is 7.66. The molecule has 1 heterocycles. The van der Waals surface area contributed by atoms with Gasteiger partial charge in [0.25, 0.3) is 0 Å². The van der Waals surface area contributed by atoms with Gasteiger partial charge in [0.05, 0.1) is 5.69 Å². The molecule has 1 aromatic carbocycles. The second-order valence-electron chi connectivity index (χ2n) is 3.64. The van der Waals surface area contributed by atoms with Crippen LogP contribution in [-0.2, 0) is 0 Å². The van der Waals surface area contributed by atoms with Crippen molar-refractivity contribution in [2.45, 2.75) is 13.8 Å². The quantitative estimate of drug-likeness (QED) is 0.765. The van der Waals surface area contributed by atoms with Crippen LogP contribution in [0.5, 0.6) is 0 Å². The number of benzene rings is 1. The lowest BCUT2D eigenvalue weighted by molar-refractivity contribution is 0.892. The molecule has 0 aliphatic carbocycles. The predicted octanol–water partition coefficient (Wildman–Crippen LogP) is 2.75. The molecule has 0 radical (unpaired) electrons. The van der Waals surface area contributed by atoms with E-state index in [9.17, 15) is 0 Å². The maximum absolute atomic E-state index is 5.29. The molecule has 1 N–H and O–H groups in total. The van der Waals surface area contributed by atoms with Crippen molar-refractivity contribution in [3.05, 3.63) is 47.8 Å². The molecule has 82 valence electrons. The Morgan fingerprint density at radius 1 is 1.25 bits per heavy atom. The lowest BCUT2D eigenvalue weighted by atomic mass is 10.3. The number of hydrogen-bond donors (Lipinski definition) is 1. The molecule has 0 atom stereocenters. The van der Waals surface area contributed by atoms with Crippen LogP contribution in [0.2, 0.25) is 0 Å². The fourth-order valence-corrected chi connectivity index (χ4v) is 1.84. The van der Waals surface area contributed by atoms with Gasteiger partial charge in [-0.3, -0.25) is 0 Å². The Balaban J connectivity index is 2.18. The van der Waals surface area contributed by atoms with Crippen LogP contribution >= 0.6 is 12.2 Å². The molecule has 0 saturated heterocycles. The van der Waals surface area contributed by atoms with Gasteiger partial charge in [-0.25, -0.2) is 4.68 Å². The third-order valence-corrected chi connectivity index (χ3v) is 2.50. The highest BCUT2D eigenvalue weighted by atomic mass is 32.1. The fraction of sp³-hybridized carbons (Fsp3) is 0.167. The number of nitrogens with zero attached hydrogens (tertiary/aromatic N) is 2. The number of aryl methyl sites for hydroxylation is 2. The smallest absolute Gasteiger partial charge is 0.198 e. The van der Waals surface area contributed by atoms with Gasteiger partial charge in [-0.2, -0.15) is 5.10 Å². The van der Waals surface area contributed by atoms with Crippen molar-refractivity contribution in [1.29, 1.82) is 0 Å². The standard InChI is InChI=1S/C12H13N3S/c1-9-8-10(2)15(14-9)12(16)13-11-6-4-3-5-7-11/h3-8H,1-2H3,(H,13,16). The van der Waals surface area contributed by atoms with Gasteiger partial charge >= 0.3 is 0 Å². The van der Waals surface area contributed by atoms with E-state index in [0.29, 0.717) is 5.11 Å². The van der Waals surface area contributed by atoms with Crippen molar-refractivity contribution in [2.75, 3.05) is 5.32 Å². The minimum atomic E-state index is 0.594. The monoisotopic (exact) mass is 231 g/mol. The van der Waals surface area contributed by atoms with Crippen LogP contribution in [0.3, 0.4) is 0 Å². The largest absolute Gasteiger partial charge is 0.331 e. The first-order valence-electron chi connectivity index (χ1n) is 5.06. The van der Waals surface area contributed by atoms with Crippen LogP contribution in [0.15, 0.2) is 36.4 Å². The molecule has 16 heavy (non-hydrogen) atoms. The topological polar surface area (TPSA) is 29.9 Å². The van der Waals surface area contributed by atoms with Crippen molar-refractivity contribution in [3.8, 4) is 0 Å². The molecule has 0 spiro atoms. The molecule has 1 aromatic heterocycles. The minimum Gasteiger partial charge on any atom is -0.331 e. The van der Waals surface area contributed by atoms with Crippen molar-refractivity contribution in [2.24, 2.45) is 0 Å². The SMILES string of the molecule is Cc1cc(C)n(C(=S)Nc2ccccc2)n1. The molecular weight excluding hydrogens is 218 g/mol. The van der Waals surface area contributed by atoms with Crippen molar-refractivity contribution >= 4 is 23.0 Å². The first-order valence-corrected chi connectivity index (χ1v) is 5.47. The van der Waals surface area contributed by atoms with E-state index in [1.807, 2.05) is 50.2 Å². The zero-order chi connectivity index (χ0) is 11.5. The zero-order valence-corrected chi connectivity index (χ0v) is 10.1. The Morgan fingerprint density at radius 2 is 1.94 bits per heavy atom. The van der Waals surface area contributed by atoms with Crippen molar-refractivity contribution in [3.63, 3.8) is 0 Å². The van der Waals surface area contributed by atoms with Gasteiger partial charge < -0.3 is 5.32 Å². The highest BCUT2D eigenvalue weighted by molar-refractivity contribution is 7.80. The molecule has 0 saturated carbocycles. The second kappa shape index (κ2) is 4.45. The second-order valence-corrected chi connectivity index (χ2v) is 4.02. The maximum Gasteiger partial charge on any atom is 0.198 e. The lowest BCUT2D eigenvalue weighted by Gasteiger charge is -2.08. The fourth-order valence-electron chi connectivity index (χ4n) is 1.53. The Hall–Kier alpha value is -1.68. The average Bonchev–Trinajstić information content (AvgIpc) is 2.59. The van der Waals surface area contributed by atoms with Crippen LogP contribution in [0.4, 0.5) is 5.69 Å². The molecular formula is C12H13N3S. The predicted molar refractivity (Wildman–Crippen MR) is 69.8 cm³/mol. The molecule has 2 aromatic rings. The number of hydrogen-bond acceptors (Lipinski definition) is 2. The Bertz CT molecular complexity index is 502. The van der Waals surface area contributed by atoms with Crippen LogP contribution in [0.25, 0.3) is 0 Å². The lowest BCUT2D eigenvalue weighted by Crippen LogP contribution is -2.21. The van der Waals surface area contributed by atoms with E-state index in [-0.39, 0.29) is 0 Å². The maximum atomic E-state index is 5.29. The third kappa shape index (κ3) is 2.28. The summed E-state index contributed by atoms with van der Waals surface area (Å²) in [6.45, 7) is 3.94. The summed E-state index contributed by atoms with van der Waals surface area (Å²) in [6, 6.07) is 11.8. The van der Waals surface area contributed by atoms with E-state index in [0.717, 1.165) is 17.1 Å². The first kappa shape index (κ1) is 10.8. The number of para-hydroxylation sites is 1. The highest BCUT2D eigenvalue weighted by Gasteiger charge is 2.05. The van der Waals surface area contributed by atoms with E-state index in [4.69, 9.17) is 12.2 Å². The van der Waals surface area contributed by atoms with Crippen LogP contribution in [-0.4, -0.2) is 14.9 Å². The normalized spacial score (nSPS) is 10.1. The molecule has 0 fully saturated rings. The van der Waals surface area contributed by atoms with Crippen LogP contribution < -0.4 is 5.32 Å². The zero-order valence-electron chi connectivity index (χ0n) is 9.27. The summed E-state index contributed by atoms with van der Waals surface area (Å²) in [5.41, 5.74) is 2.97. The molecule has 0 aliphatic rings. The van der Waals surface area contributed by atoms with Gasteiger partial charge in [0.1, 0.15) is 0 Å². The van der Waals surface area contributed by atoms with E-state index < -0.39 is 0 Å². The Morgan fingerprint density at radius 3 is 2.50 bits per heavy atom. The number of thiocarbonyl (C=S) groups is 1. The Labute approximate surface area is 100 Å². The summed E-state index contributed by atoms with van der Waals surface area (Å²) in [5.74, 6) is 0. The summed E-state index contributed by atoms with van der Waals surface area (Å²) in [5, 5.41) is 8.06. The van der Waals surface area contributed by atoms with Crippen molar-refractivity contribution < 1.29 is 0 Å². The highest BCUT2D eigenvalue weighted by Crippen LogP contribution is 2.08. The van der Waals surface area contributed by atoms with Gasteiger partial charge in [0.2, 0.25) is 0 Å². The van der Waals surface area contributed by atoms with E-state index >= 15 is 0 Å². The van der Waals surface area contributed by atoms with E-state index in [2.05, 4.69) is 10.4 Å². The third-order valence-electron chi connectivity index (χ3n) is 2.23. The molecule has 0 aliphatic heterocycles. The number of nitrogens with one attached hydrogen (secondary N) is 1. The number of anilines is 1. The molecule has 4 heteroatoms. The molecule has 0 amide bonds. The van der Waals surface area contributed by atoms with Gasteiger partial charge in [0.15, 0.2) is 5.11 Å². The molecule has 2 rings (SSSR count). The minimum absolute atomic E-state index is 0.594. The molecule has 0 unspecified atom stereocenters. The number of aromatic nitrogens is 2. The van der Waals surface area contributed by atoms with E-state index in [1.165, 1.54) is 0 Å². The van der Waals surface area contributed by atoms with Gasteiger partial charge in [-0.05, 0) is 44.3 Å². The summed E-state index contributed by atoms with van der Waals surface area (Å²) < 4.78 is 1.73. The van der Waals surface area contributed by atoms with Gasteiger partial charge in [0, 0.05) is 11.4 Å². The summed E-state index contributed by atoms with van der Waals surface area (Å²) in [7, 11) is 0. The van der Waals surface area contributed by atoms with Crippen LogP contribution in [0.1, 0.15) is 11.4 Å². The summed E-state index contributed by atoms with van der Waals surface area (Å²) >= 11 is 5.29. The molecule has 3 nitrogen and oxygen atoms in total. The number of rotatable bonds is 1. The summed E-state index contributed by atoms with van der Waals surface area (Å²) in [4.78, 5) is 0. The van der Waals surface area contributed by atoms with Gasteiger partial charge in [-0.1, -0.05) is 18.2 Å². The van der Waals surface area contributed by atoms with Crippen LogP contribution in [0, 0.1) is 13.8 Å². The van der Waals surface area contributed by atoms with E-state index in [1.54, 1.807) is 4.68 Å². The average molecular weight is 231 g/mol. The molecule has 0 bridgehead atoms.